The Labute approximate surface area is 129 Å². The number of hydrogen-bond acceptors (Lipinski definition) is 4. The van der Waals surface area contributed by atoms with Crippen molar-refractivity contribution in [1.82, 2.24) is 5.48 Å². The van der Waals surface area contributed by atoms with Crippen molar-refractivity contribution >= 4 is 11.6 Å². The molecule has 2 atom stereocenters. The topological polar surface area (TPSA) is 61.8 Å². The van der Waals surface area contributed by atoms with Gasteiger partial charge in [0.2, 0.25) is 0 Å². The van der Waals surface area contributed by atoms with E-state index in [2.05, 4.69) is 36.1 Å². The maximum Gasteiger partial charge on any atom is 0.274 e. The fourth-order valence-corrected chi connectivity index (χ4v) is 2.91. The first-order valence-electron chi connectivity index (χ1n) is 7.50. The van der Waals surface area contributed by atoms with Crippen molar-refractivity contribution in [3.63, 3.8) is 0 Å². The van der Waals surface area contributed by atoms with E-state index in [9.17, 15) is 4.79 Å². The highest BCUT2D eigenvalue weighted by atomic mass is 16.5. The molecule has 1 aromatic rings. The van der Waals surface area contributed by atoms with Crippen LogP contribution in [0.15, 0.2) is 42.5 Å². The fraction of sp³-hybridized carbons (Fsp3) is 0.353. The lowest BCUT2D eigenvalue weighted by Gasteiger charge is -2.35. The van der Waals surface area contributed by atoms with E-state index in [1.165, 1.54) is 0 Å². The maximum atomic E-state index is 11.6. The molecule has 1 amide bonds. The number of ether oxygens (including phenoxy) is 1. The molecular formula is C17H20N2O3. The van der Waals surface area contributed by atoms with Gasteiger partial charge >= 0.3 is 0 Å². The van der Waals surface area contributed by atoms with Crippen molar-refractivity contribution in [2.75, 3.05) is 24.6 Å². The second-order valence-electron chi connectivity index (χ2n) is 5.71. The van der Waals surface area contributed by atoms with E-state index >= 15 is 0 Å². The van der Waals surface area contributed by atoms with Crippen LogP contribution in [0.4, 0.5) is 5.69 Å². The van der Waals surface area contributed by atoms with Gasteiger partial charge < -0.3 is 9.64 Å². The van der Waals surface area contributed by atoms with Crippen molar-refractivity contribution in [2.24, 2.45) is 11.8 Å². The van der Waals surface area contributed by atoms with E-state index in [1.807, 2.05) is 0 Å². The predicted octanol–water partition coefficient (Wildman–Crippen LogP) is 2.38. The van der Waals surface area contributed by atoms with Gasteiger partial charge in [0.05, 0.1) is 12.2 Å². The first-order valence-corrected chi connectivity index (χ1v) is 7.50. The molecule has 1 aromatic carbocycles. The maximum absolute atomic E-state index is 11.6. The van der Waals surface area contributed by atoms with Crippen LogP contribution in [0.2, 0.25) is 0 Å². The standard InChI is InChI=1S/C17H20N2O3/c1-12-4-2-3-5-14(12)11-19-8-9-22-16-7-6-13(10-15(16)19)17(20)18-21/h2-7,10,12,14,21H,8-9,11H2,1H3,(H,18,20). The lowest BCUT2D eigenvalue weighted by atomic mass is 9.89. The second kappa shape index (κ2) is 6.23. The largest absolute Gasteiger partial charge is 0.490 e. The number of allylic oxidation sites excluding steroid dienone is 3. The molecule has 1 heterocycles. The molecule has 116 valence electrons. The van der Waals surface area contributed by atoms with Crippen LogP contribution < -0.4 is 15.1 Å². The fourth-order valence-electron chi connectivity index (χ4n) is 2.91. The SMILES string of the molecule is CC1C=CC=CC1CN1CCOc2ccc(C(=O)NO)cc21. The first kappa shape index (κ1) is 14.7. The monoisotopic (exact) mass is 300 g/mol. The highest BCUT2D eigenvalue weighted by molar-refractivity contribution is 5.95. The van der Waals surface area contributed by atoms with Gasteiger partial charge in [-0.05, 0) is 24.1 Å². The van der Waals surface area contributed by atoms with Crippen LogP contribution >= 0.6 is 0 Å². The highest BCUT2D eigenvalue weighted by Gasteiger charge is 2.24. The molecule has 0 bridgehead atoms. The number of hydroxylamine groups is 1. The van der Waals surface area contributed by atoms with E-state index in [0.717, 1.165) is 24.5 Å². The summed E-state index contributed by atoms with van der Waals surface area (Å²) in [5, 5.41) is 8.79. The van der Waals surface area contributed by atoms with Crippen molar-refractivity contribution in [2.45, 2.75) is 6.92 Å². The zero-order chi connectivity index (χ0) is 15.5. The van der Waals surface area contributed by atoms with Crippen LogP contribution in [-0.2, 0) is 0 Å². The molecule has 0 spiro atoms. The summed E-state index contributed by atoms with van der Waals surface area (Å²) in [5.41, 5.74) is 3.00. The van der Waals surface area contributed by atoms with Crippen molar-refractivity contribution in [3.8, 4) is 5.75 Å². The smallest absolute Gasteiger partial charge is 0.274 e. The normalized spacial score (nSPS) is 22.9. The van der Waals surface area contributed by atoms with Crippen LogP contribution in [0.3, 0.4) is 0 Å². The Morgan fingerprint density at radius 1 is 1.41 bits per heavy atom. The van der Waals surface area contributed by atoms with Gasteiger partial charge in [-0.25, -0.2) is 5.48 Å². The van der Waals surface area contributed by atoms with Gasteiger partial charge in [-0.1, -0.05) is 31.2 Å². The average molecular weight is 300 g/mol. The Morgan fingerprint density at radius 3 is 3.00 bits per heavy atom. The Bertz CT molecular complexity index is 624. The van der Waals surface area contributed by atoms with Crippen LogP contribution in [0.25, 0.3) is 0 Å². The molecular weight excluding hydrogens is 280 g/mol. The summed E-state index contributed by atoms with van der Waals surface area (Å²) in [6, 6.07) is 5.21. The summed E-state index contributed by atoms with van der Waals surface area (Å²) in [6.45, 7) is 4.52. The van der Waals surface area contributed by atoms with E-state index in [0.29, 0.717) is 24.0 Å². The minimum atomic E-state index is -0.512. The summed E-state index contributed by atoms with van der Waals surface area (Å²) < 4.78 is 5.67. The van der Waals surface area contributed by atoms with Crippen LogP contribution in [0.5, 0.6) is 5.75 Å². The number of benzene rings is 1. The number of fused-ring (bicyclic) bond motifs is 1. The number of hydrogen-bond donors (Lipinski definition) is 2. The zero-order valence-electron chi connectivity index (χ0n) is 12.5. The van der Waals surface area contributed by atoms with Crippen LogP contribution in [0, 0.1) is 11.8 Å². The lowest BCUT2D eigenvalue weighted by molar-refractivity contribution is 0.0706. The van der Waals surface area contributed by atoms with Gasteiger partial charge in [0.25, 0.3) is 5.91 Å². The number of rotatable bonds is 3. The molecule has 3 rings (SSSR count). The van der Waals surface area contributed by atoms with Gasteiger partial charge in [0.1, 0.15) is 12.4 Å². The molecule has 2 unspecified atom stereocenters. The van der Waals surface area contributed by atoms with E-state index < -0.39 is 5.91 Å². The second-order valence-corrected chi connectivity index (χ2v) is 5.71. The molecule has 0 radical (unpaired) electrons. The van der Waals surface area contributed by atoms with Gasteiger partial charge in [0, 0.05) is 18.0 Å². The minimum absolute atomic E-state index is 0.420. The molecule has 2 N–H and O–H groups in total. The lowest BCUT2D eigenvalue weighted by Crippen LogP contribution is -2.38. The third-order valence-corrected chi connectivity index (χ3v) is 4.27. The van der Waals surface area contributed by atoms with Crippen LogP contribution in [-0.4, -0.2) is 30.8 Å². The Morgan fingerprint density at radius 2 is 2.23 bits per heavy atom. The van der Waals surface area contributed by atoms with E-state index in [4.69, 9.17) is 9.94 Å². The van der Waals surface area contributed by atoms with Crippen molar-refractivity contribution in [3.05, 3.63) is 48.1 Å². The first-order chi connectivity index (χ1) is 10.7. The highest BCUT2D eigenvalue weighted by Crippen LogP contribution is 2.34. The van der Waals surface area contributed by atoms with Gasteiger partial charge in [-0.3, -0.25) is 10.0 Å². The molecule has 0 saturated carbocycles. The van der Waals surface area contributed by atoms with Gasteiger partial charge in [-0.2, -0.15) is 0 Å². The quantitative estimate of drug-likeness (QED) is 0.664. The molecule has 22 heavy (non-hydrogen) atoms. The van der Waals surface area contributed by atoms with Crippen LogP contribution in [0.1, 0.15) is 17.3 Å². The summed E-state index contributed by atoms with van der Waals surface area (Å²) >= 11 is 0. The molecule has 1 aliphatic heterocycles. The average Bonchev–Trinajstić information content (AvgIpc) is 2.56. The molecule has 5 nitrogen and oxygen atoms in total. The Balaban J connectivity index is 1.85. The third kappa shape index (κ3) is 2.85. The molecule has 0 aromatic heterocycles. The third-order valence-electron chi connectivity index (χ3n) is 4.27. The summed E-state index contributed by atoms with van der Waals surface area (Å²) in [6.07, 6.45) is 8.60. The minimum Gasteiger partial charge on any atom is -0.490 e. The molecule has 1 aliphatic carbocycles. The predicted molar refractivity (Wildman–Crippen MR) is 84.3 cm³/mol. The summed E-state index contributed by atoms with van der Waals surface area (Å²) in [7, 11) is 0. The summed E-state index contributed by atoms with van der Waals surface area (Å²) in [5.74, 6) is 1.19. The number of carbonyl (C=O) groups is 1. The molecule has 0 fully saturated rings. The zero-order valence-corrected chi connectivity index (χ0v) is 12.5. The van der Waals surface area contributed by atoms with Gasteiger partial charge in [-0.15, -0.1) is 0 Å². The Kier molecular flexibility index (Phi) is 4.15. The Hall–Kier alpha value is -2.27. The number of nitrogens with zero attached hydrogens (tertiary/aromatic N) is 1. The summed E-state index contributed by atoms with van der Waals surface area (Å²) in [4.78, 5) is 13.9. The molecule has 2 aliphatic rings. The number of nitrogens with one attached hydrogen (secondary N) is 1. The van der Waals surface area contributed by atoms with Crippen molar-refractivity contribution < 1.29 is 14.7 Å². The molecule has 5 heteroatoms. The van der Waals surface area contributed by atoms with Gasteiger partial charge in [0.15, 0.2) is 0 Å². The molecule has 0 saturated heterocycles. The van der Waals surface area contributed by atoms with E-state index in [1.54, 1.807) is 23.7 Å². The van der Waals surface area contributed by atoms with E-state index in [-0.39, 0.29) is 0 Å². The van der Waals surface area contributed by atoms with Crippen molar-refractivity contribution in [1.29, 1.82) is 0 Å². The number of carbonyl (C=O) groups excluding carboxylic acids is 1. The number of amides is 1. The number of anilines is 1.